The topological polar surface area (TPSA) is 72.5 Å². The van der Waals surface area contributed by atoms with Crippen LogP contribution in [0.4, 0.5) is 5.69 Å². The number of amides is 1. The molecule has 7 heteroatoms. The van der Waals surface area contributed by atoms with Crippen molar-refractivity contribution >= 4 is 11.6 Å². The minimum absolute atomic E-state index is 0.0409. The predicted molar refractivity (Wildman–Crippen MR) is 130 cm³/mol. The van der Waals surface area contributed by atoms with E-state index >= 15 is 0 Å². The number of likely N-dealkylation sites (N-methyl/N-ethyl adjacent to an activating group) is 2. The Morgan fingerprint density at radius 1 is 1.28 bits per heavy atom. The van der Waals surface area contributed by atoms with Crippen LogP contribution in [0.25, 0.3) is 11.1 Å². The van der Waals surface area contributed by atoms with Gasteiger partial charge >= 0.3 is 0 Å². The summed E-state index contributed by atoms with van der Waals surface area (Å²) in [5.74, 6) is 0.0409. The highest BCUT2D eigenvalue weighted by atomic mass is 16.2. The van der Waals surface area contributed by atoms with E-state index in [4.69, 9.17) is 0 Å². The van der Waals surface area contributed by atoms with Gasteiger partial charge in [-0.25, -0.2) is 0 Å². The van der Waals surface area contributed by atoms with Gasteiger partial charge in [0.05, 0.1) is 0 Å². The van der Waals surface area contributed by atoms with Crippen molar-refractivity contribution in [3.63, 3.8) is 0 Å². The summed E-state index contributed by atoms with van der Waals surface area (Å²) in [7, 11) is 3.96. The highest BCUT2D eigenvalue weighted by Crippen LogP contribution is 2.25. The number of nitrogens with zero attached hydrogens (tertiary/aromatic N) is 4. The normalized spacial score (nSPS) is 16.7. The molecule has 3 rings (SSSR count). The largest absolute Gasteiger partial charge is 0.363 e. The van der Waals surface area contributed by atoms with Crippen LogP contribution in [-0.4, -0.2) is 72.0 Å². The number of aromatic amines is 1. The van der Waals surface area contributed by atoms with Crippen molar-refractivity contribution in [2.45, 2.75) is 39.2 Å². The third-order valence-corrected chi connectivity index (χ3v) is 5.93. The van der Waals surface area contributed by atoms with Gasteiger partial charge in [0.25, 0.3) is 5.56 Å². The van der Waals surface area contributed by atoms with Crippen LogP contribution < -0.4 is 10.5 Å². The number of likely N-dealkylation sites (tertiary alicyclic amines) is 1. The molecule has 2 aromatic rings. The van der Waals surface area contributed by atoms with E-state index in [0.29, 0.717) is 18.8 Å². The van der Waals surface area contributed by atoms with Crippen molar-refractivity contribution in [3.8, 4) is 11.1 Å². The van der Waals surface area contributed by atoms with E-state index in [9.17, 15) is 9.59 Å². The number of nitrogens with one attached hydrogen (secondary N) is 1. The number of pyridine rings is 2. The second-order valence-corrected chi connectivity index (χ2v) is 8.52. The van der Waals surface area contributed by atoms with Crippen LogP contribution in [0.5, 0.6) is 0 Å². The number of hydrogen-bond acceptors (Lipinski definition) is 5. The lowest BCUT2D eigenvalue weighted by atomic mass is 10.0. The van der Waals surface area contributed by atoms with Crippen molar-refractivity contribution in [1.82, 2.24) is 19.8 Å². The molecule has 0 saturated carbocycles. The SMILES string of the molecule is CCc1cc(-c2c[nH]c(=O)c(N(CC)C3CCCN(C(=O)/C=C/CN(C)C)C3)c2)ccn1. The summed E-state index contributed by atoms with van der Waals surface area (Å²) in [6.45, 7) is 6.96. The van der Waals surface area contributed by atoms with Gasteiger partial charge in [0.15, 0.2) is 0 Å². The van der Waals surface area contributed by atoms with E-state index in [0.717, 1.165) is 49.2 Å². The zero-order chi connectivity index (χ0) is 23.1. The fourth-order valence-electron chi connectivity index (χ4n) is 4.21. The van der Waals surface area contributed by atoms with E-state index in [2.05, 4.69) is 34.8 Å². The molecule has 0 radical (unpaired) electrons. The Balaban J connectivity index is 1.82. The number of carbonyl (C=O) groups is 1. The molecule has 1 fully saturated rings. The molecule has 32 heavy (non-hydrogen) atoms. The molecule has 1 saturated heterocycles. The summed E-state index contributed by atoms with van der Waals surface area (Å²) in [4.78, 5) is 38.8. The Morgan fingerprint density at radius 2 is 2.09 bits per heavy atom. The van der Waals surface area contributed by atoms with Crippen molar-refractivity contribution in [3.05, 3.63) is 58.8 Å². The summed E-state index contributed by atoms with van der Waals surface area (Å²) in [5.41, 5.74) is 3.57. The average molecular weight is 438 g/mol. The average Bonchev–Trinajstić information content (AvgIpc) is 2.80. The smallest absolute Gasteiger partial charge is 0.271 e. The molecule has 0 aromatic carbocycles. The van der Waals surface area contributed by atoms with Gasteiger partial charge in [0.1, 0.15) is 5.69 Å². The Labute approximate surface area is 190 Å². The molecular weight excluding hydrogens is 402 g/mol. The number of aryl methyl sites for hydroxylation is 1. The Bertz CT molecular complexity index is 998. The zero-order valence-electron chi connectivity index (χ0n) is 19.7. The lowest BCUT2D eigenvalue weighted by Crippen LogP contribution is -2.50. The first kappa shape index (κ1) is 23.7. The van der Waals surface area contributed by atoms with E-state index in [1.165, 1.54) is 0 Å². The second-order valence-electron chi connectivity index (χ2n) is 8.52. The summed E-state index contributed by atoms with van der Waals surface area (Å²) in [5, 5.41) is 0. The number of carbonyl (C=O) groups excluding carboxylic acids is 1. The van der Waals surface area contributed by atoms with Crippen LogP contribution in [0.1, 0.15) is 32.4 Å². The van der Waals surface area contributed by atoms with E-state index < -0.39 is 0 Å². The van der Waals surface area contributed by atoms with Gasteiger partial charge in [-0.05, 0) is 64.0 Å². The van der Waals surface area contributed by atoms with Crippen LogP contribution in [0, 0.1) is 0 Å². The molecule has 172 valence electrons. The highest BCUT2D eigenvalue weighted by Gasteiger charge is 2.28. The number of anilines is 1. The zero-order valence-corrected chi connectivity index (χ0v) is 19.7. The second kappa shape index (κ2) is 11.1. The third kappa shape index (κ3) is 5.85. The molecule has 1 unspecified atom stereocenters. The van der Waals surface area contributed by atoms with Gasteiger partial charge in [0.2, 0.25) is 5.91 Å². The van der Waals surface area contributed by atoms with E-state index in [-0.39, 0.29) is 17.5 Å². The number of aromatic nitrogens is 2. The number of piperidine rings is 1. The van der Waals surface area contributed by atoms with Crippen molar-refractivity contribution in [2.24, 2.45) is 0 Å². The van der Waals surface area contributed by atoms with Gasteiger partial charge in [-0.2, -0.15) is 0 Å². The fraction of sp³-hybridized carbons (Fsp3) is 0.480. The van der Waals surface area contributed by atoms with Gasteiger partial charge in [-0.1, -0.05) is 13.0 Å². The lowest BCUT2D eigenvalue weighted by Gasteiger charge is -2.39. The lowest BCUT2D eigenvalue weighted by molar-refractivity contribution is -0.127. The van der Waals surface area contributed by atoms with E-state index in [1.54, 1.807) is 12.3 Å². The third-order valence-electron chi connectivity index (χ3n) is 5.93. The Morgan fingerprint density at radius 3 is 2.81 bits per heavy atom. The standard InChI is InChI=1S/C25H35N5O2/c1-5-21-15-19(11-12-26-21)20-16-23(25(32)27-17-20)30(6-2)22-9-7-14-29(18-22)24(31)10-8-13-28(3)4/h8,10-12,15-17,22H,5-7,9,13-14,18H2,1-4H3,(H,27,32)/b10-8+. The monoisotopic (exact) mass is 437 g/mol. The van der Waals surface area contributed by atoms with Gasteiger partial charge in [-0.15, -0.1) is 0 Å². The molecule has 7 nitrogen and oxygen atoms in total. The van der Waals surface area contributed by atoms with Crippen LogP contribution in [0.2, 0.25) is 0 Å². The molecule has 1 aliphatic rings. The van der Waals surface area contributed by atoms with Crippen LogP contribution in [0.3, 0.4) is 0 Å². The molecule has 1 amide bonds. The summed E-state index contributed by atoms with van der Waals surface area (Å²) >= 11 is 0. The molecule has 0 spiro atoms. The summed E-state index contributed by atoms with van der Waals surface area (Å²) < 4.78 is 0. The first-order valence-corrected chi connectivity index (χ1v) is 11.5. The quantitative estimate of drug-likeness (QED) is 0.643. The highest BCUT2D eigenvalue weighted by molar-refractivity contribution is 5.87. The Hall–Kier alpha value is -2.93. The van der Waals surface area contributed by atoms with Crippen molar-refractivity contribution in [2.75, 3.05) is 45.2 Å². The van der Waals surface area contributed by atoms with Crippen molar-refractivity contribution in [1.29, 1.82) is 0 Å². The maximum absolute atomic E-state index is 12.8. The number of H-pyrrole nitrogens is 1. The predicted octanol–water partition coefficient (Wildman–Crippen LogP) is 2.93. The number of rotatable bonds is 8. The van der Waals surface area contributed by atoms with Crippen LogP contribution >= 0.6 is 0 Å². The van der Waals surface area contributed by atoms with Crippen molar-refractivity contribution < 1.29 is 4.79 Å². The summed E-state index contributed by atoms with van der Waals surface area (Å²) in [6, 6.07) is 6.11. The maximum Gasteiger partial charge on any atom is 0.271 e. The fourth-order valence-corrected chi connectivity index (χ4v) is 4.21. The molecule has 1 N–H and O–H groups in total. The molecule has 1 aliphatic heterocycles. The first-order chi connectivity index (χ1) is 15.4. The molecule has 1 atom stereocenters. The van der Waals surface area contributed by atoms with Crippen LogP contribution in [0.15, 0.2) is 47.5 Å². The molecule has 0 bridgehead atoms. The van der Waals surface area contributed by atoms with Gasteiger partial charge in [-0.3, -0.25) is 14.6 Å². The maximum atomic E-state index is 12.8. The molecule has 3 heterocycles. The van der Waals surface area contributed by atoms with E-state index in [1.807, 2.05) is 48.3 Å². The minimum atomic E-state index is -0.102. The van der Waals surface area contributed by atoms with Gasteiger partial charge in [0, 0.05) is 61.9 Å². The first-order valence-electron chi connectivity index (χ1n) is 11.5. The van der Waals surface area contributed by atoms with Gasteiger partial charge < -0.3 is 19.7 Å². The molecule has 2 aromatic heterocycles. The molecule has 0 aliphatic carbocycles. The Kier molecular flexibility index (Phi) is 8.22. The summed E-state index contributed by atoms with van der Waals surface area (Å²) in [6.07, 6.45) is 9.89. The van der Waals surface area contributed by atoms with Crippen LogP contribution in [-0.2, 0) is 11.2 Å². The minimum Gasteiger partial charge on any atom is -0.363 e. The molecular formula is C25H35N5O2. The number of hydrogen-bond donors (Lipinski definition) is 1.